The summed E-state index contributed by atoms with van der Waals surface area (Å²) in [5.74, 6) is -0.376. The van der Waals surface area contributed by atoms with Gasteiger partial charge in [0.15, 0.2) is 0 Å². The van der Waals surface area contributed by atoms with Crippen molar-refractivity contribution in [3.63, 3.8) is 0 Å². The fourth-order valence-corrected chi connectivity index (χ4v) is 2.97. The Morgan fingerprint density at radius 2 is 1.95 bits per heavy atom. The van der Waals surface area contributed by atoms with Crippen molar-refractivity contribution in [3.05, 3.63) is 39.4 Å². The van der Waals surface area contributed by atoms with Crippen LogP contribution in [0.2, 0.25) is 0 Å². The largest absolute Gasteiger partial charge is 0.388 e. The summed E-state index contributed by atoms with van der Waals surface area (Å²) < 4.78 is 0. The zero-order chi connectivity index (χ0) is 16.2. The first kappa shape index (κ1) is 16.4. The first-order valence-electron chi connectivity index (χ1n) is 7.67. The Morgan fingerprint density at radius 3 is 2.55 bits per heavy atom. The first-order valence-corrected chi connectivity index (χ1v) is 7.67. The smallest absolute Gasteiger partial charge is 0.273 e. The van der Waals surface area contributed by atoms with Crippen molar-refractivity contribution >= 4 is 11.6 Å². The Labute approximate surface area is 129 Å². The van der Waals surface area contributed by atoms with Gasteiger partial charge in [-0.2, -0.15) is 0 Å². The number of nitro benzene ring substituents is 1. The molecule has 0 spiro atoms. The third-order valence-electron chi connectivity index (χ3n) is 4.36. The molecule has 1 aromatic rings. The topological polar surface area (TPSA) is 92.5 Å². The molecule has 1 aromatic carbocycles. The van der Waals surface area contributed by atoms with E-state index in [-0.39, 0.29) is 23.7 Å². The van der Waals surface area contributed by atoms with Crippen molar-refractivity contribution < 1.29 is 14.8 Å². The van der Waals surface area contributed by atoms with Crippen LogP contribution in [0, 0.1) is 17.0 Å². The lowest BCUT2D eigenvalue weighted by Gasteiger charge is -2.26. The maximum Gasteiger partial charge on any atom is 0.273 e. The second-order valence-electron chi connectivity index (χ2n) is 6.03. The lowest BCUT2D eigenvalue weighted by Crippen LogP contribution is -2.42. The van der Waals surface area contributed by atoms with E-state index in [9.17, 15) is 20.0 Å². The summed E-state index contributed by atoms with van der Waals surface area (Å²) in [5, 5.41) is 24.2. The molecule has 6 heteroatoms. The molecule has 22 heavy (non-hydrogen) atoms. The van der Waals surface area contributed by atoms with Gasteiger partial charge in [-0.1, -0.05) is 31.7 Å². The molecule has 120 valence electrons. The zero-order valence-electron chi connectivity index (χ0n) is 12.8. The molecule has 0 atom stereocenters. The Hall–Kier alpha value is -1.95. The third kappa shape index (κ3) is 3.82. The predicted octanol–water partition coefficient (Wildman–Crippen LogP) is 2.72. The number of aliphatic hydroxyl groups is 1. The Balaban J connectivity index is 2.06. The van der Waals surface area contributed by atoms with Crippen molar-refractivity contribution in [1.29, 1.82) is 0 Å². The molecule has 0 bridgehead atoms. The minimum atomic E-state index is -0.860. The van der Waals surface area contributed by atoms with Gasteiger partial charge in [0.05, 0.1) is 10.5 Å². The van der Waals surface area contributed by atoms with Gasteiger partial charge in [0.25, 0.3) is 11.6 Å². The van der Waals surface area contributed by atoms with Gasteiger partial charge in [-0.05, 0) is 25.8 Å². The van der Waals surface area contributed by atoms with Crippen molar-refractivity contribution in [3.8, 4) is 0 Å². The van der Waals surface area contributed by atoms with E-state index in [1.807, 2.05) is 0 Å². The van der Waals surface area contributed by atoms with Crippen molar-refractivity contribution in [2.45, 2.75) is 51.0 Å². The van der Waals surface area contributed by atoms with E-state index < -0.39 is 10.5 Å². The number of nitrogens with zero attached hydrogens (tertiary/aromatic N) is 1. The summed E-state index contributed by atoms with van der Waals surface area (Å²) in [6.45, 7) is 1.75. The molecule has 0 aliphatic heterocycles. The highest BCUT2D eigenvalue weighted by molar-refractivity contribution is 5.96. The van der Waals surface area contributed by atoms with E-state index in [4.69, 9.17) is 0 Å². The number of benzene rings is 1. The van der Waals surface area contributed by atoms with Gasteiger partial charge in [-0.15, -0.1) is 0 Å². The molecule has 1 fully saturated rings. The summed E-state index contributed by atoms with van der Waals surface area (Å²) in [6.07, 6.45) is 5.51. The number of hydrogen-bond donors (Lipinski definition) is 2. The lowest BCUT2D eigenvalue weighted by atomic mass is 9.94. The number of nitro groups is 1. The van der Waals surface area contributed by atoms with E-state index in [1.165, 1.54) is 12.1 Å². The molecule has 2 N–H and O–H groups in total. The van der Waals surface area contributed by atoms with Crippen LogP contribution in [-0.4, -0.2) is 28.1 Å². The zero-order valence-corrected chi connectivity index (χ0v) is 12.8. The van der Waals surface area contributed by atoms with Gasteiger partial charge >= 0.3 is 0 Å². The minimum absolute atomic E-state index is 0.0687. The number of nitrogens with one attached hydrogen (secondary N) is 1. The van der Waals surface area contributed by atoms with Crippen LogP contribution in [0.15, 0.2) is 18.2 Å². The standard InChI is InChI=1S/C16H22N2O4/c1-12-13(7-6-8-14(12)18(21)22)15(19)17-11-16(20)9-4-2-3-5-10-16/h6-8,20H,2-5,9-11H2,1H3,(H,17,19). The third-order valence-corrected chi connectivity index (χ3v) is 4.36. The second-order valence-corrected chi connectivity index (χ2v) is 6.03. The number of hydrogen-bond acceptors (Lipinski definition) is 4. The molecular formula is C16H22N2O4. The SMILES string of the molecule is Cc1c(C(=O)NCC2(O)CCCCCC2)cccc1[N+](=O)[O-]. The van der Waals surface area contributed by atoms with Crippen molar-refractivity contribution in [2.24, 2.45) is 0 Å². The van der Waals surface area contributed by atoms with Crippen LogP contribution < -0.4 is 5.32 Å². The van der Waals surface area contributed by atoms with Gasteiger partial charge in [0.1, 0.15) is 0 Å². The molecular weight excluding hydrogens is 284 g/mol. The van der Waals surface area contributed by atoms with Crippen molar-refractivity contribution in [2.75, 3.05) is 6.54 Å². The van der Waals surface area contributed by atoms with E-state index >= 15 is 0 Å². The Kier molecular flexibility index (Phi) is 5.13. The Morgan fingerprint density at radius 1 is 1.32 bits per heavy atom. The maximum atomic E-state index is 12.3. The van der Waals surface area contributed by atoms with Crippen LogP contribution in [0.4, 0.5) is 5.69 Å². The molecule has 1 aliphatic carbocycles. The van der Waals surface area contributed by atoms with Gasteiger partial charge in [-0.3, -0.25) is 14.9 Å². The van der Waals surface area contributed by atoms with Crippen LogP contribution in [0.5, 0.6) is 0 Å². The molecule has 0 unspecified atom stereocenters. The van der Waals surface area contributed by atoms with Crippen LogP contribution >= 0.6 is 0 Å². The first-order chi connectivity index (χ1) is 10.4. The predicted molar refractivity (Wildman–Crippen MR) is 82.8 cm³/mol. The fraction of sp³-hybridized carbons (Fsp3) is 0.562. The Bertz CT molecular complexity index is 563. The molecule has 0 heterocycles. The van der Waals surface area contributed by atoms with Crippen LogP contribution in [-0.2, 0) is 0 Å². The molecule has 0 saturated heterocycles. The number of carbonyl (C=O) groups excluding carboxylic acids is 1. The van der Waals surface area contributed by atoms with E-state index in [0.29, 0.717) is 18.4 Å². The van der Waals surface area contributed by atoms with Crippen LogP contribution in [0.25, 0.3) is 0 Å². The van der Waals surface area contributed by atoms with E-state index in [2.05, 4.69) is 5.32 Å². The van der Waals surface area contributed by atoms with Gasteiger partial charge < -0.3 is 10.4 Å². The highest BCUT2D eigenvalue weighted by atomic mass is 16.6. The summed E-state index contributed by atoms with van der Waals surface area (Å²) >= 11 is 0. The molecule has 0 aromatic heterocycles. The second kappa shape index (κ2) is 6.87. The van der Waals surface area contributed by atoms with E-state index in [0.717, 1.165) is 25.7 Å². The highest BCUT2D eigenvalue weighted by Crippen LogP contribution is 2.27. The summed E-state index contributed by atoms with van der Waals surface area (Å²) in [4.78, 5) is 22.7. The summed E-state index contributed by atoms with van der Waals surface area (Å²) in [7, 11) is 0. The van der Waals surface area contributed by atoms with Gasteiger partial charge in [-0.25, -0.2) is 0 Å². The molecule has 2 rings (SSSR count). The minimum Gasteiger partial charge on any atom is -0.388 e. The van der Waals surface area contributed by atoms with Crippen molar-refractivity contribution in [1.82, 2.24) is 5.32 Å². The van der Waals surface area contributed by atoms with Crippen LogP contribution in [0.1, 0.15) is 54.4 Å². The maximum absolute atomic E-state index is 12.3. The number of rotatable bonds is 4. The summed E-state index contributed by atoms with van der Waals surface area (Å²) in [5.41, 5.74) is -0.300. The highest BCUT2D eigenvalue weighted by Gasteiger charge is 2.29. The monoisotopic (exact) mass is 306 g/mol. The molecule has 1 amide bonds. The molecule has 6 nitrogen and oxygen atoms in total. The number of amides is 1. The molecule has 1 aliphatic rings. The average molecular weight is 306 g/mol. The molecule has 0 radical (unpaired) electrons. The quantitative estimate of drug-likeness (QED) is 0.508. The average Bonchev–Trinajstić information content (AvgIpc) is 2.70. The normalized spacial score (nSPS) is 17.5. The summed E-state index contributed by atoms with van der Waals surface area (Å²) in [6, 6.07) is 4.44. The van der Waals surface area contributed by atoms with E-state index in [1.54, 1.807) is 13.0 Å². The van der Waals surface area contributed by atoms with Gasteiger partial charge in [0, 0.05) is 23.7 Å². The molecule has 1 saturated carbocycles. The fourth-order valence-electron chi connectivity index (χ4n) is 2.97. The van der Waals surface area contributed by atoms with Crippen LogP contribution in [0.3, 0.4) is 0 Å². The van der Waals surface area contributed by atoms with Gasteiger partial charge in [0.2, 0.25) is 0 Å². The number of carbonyl (C=O) groups is 1. The lowest BCUT2D eigenvalue weighted by molar-refractivity contribution is -0.385.